The monoisotopic (exact) mass is 532 g/mol. The van der Waals surface area contributed by atoms with E-state index in [0.717, 1.165) is 24.9 Å². The second-order valence-electron chi connectivity index (χ2n) is 8.16. The number of furan rings is 1. The number of hydrogen-bond acceptors (Lipinski definition) is 4. The highest BCUT2D eigenvalue weighted by Gasteiger charge is 2.45. The van der Waals surface area contributed by atoms with Gasteiger partial charge in [-0.1, -0.05) is 31.0 Å². The molecule has 3 aromatic rings. The zero-order valence-electron chi connectivity index (χ0n) is 17.8. The van der Waals surface area contributed by atoms with Crippen LogP contribution in [-0.4, -0.2) is 40.8 Å². The molecule has 8 heteroatoms. The number of aliphatic imine (C=N–C) groups is 1. The lowest BCUT2D eigenvalue weighted by molar-refractivity contribution is 0.478. The first-order valence-corrected chi connectivity index (χ1v) is 10.9. The summed E-state index contributed by atoms with van der Waals surface area (Å²) in [5.41, 5.74) is 3.08. The summed E-state index contributed by atoms with van der Waals surface area (Å²) in [5.74, 6) is 3.03. The van der Waals surface area contributed by atoms with Crippen molar-refractivity contribution in [1.29, 1.82) is 0 Å². The van der Waals surface area contributed by atoms with Crippen LogP contribution in [0.15, 0.2) is 52.1 Å². The highest BCUT2D eigenvalue weighted by atomic mass is 127. The molecule has 1 spiro atoms. The maximum absolute atomic E-state index is 5.36. The van der Waals surface area contributed by atoms with Crippen molar-refractivity contribution in [2.45, 2.75) is 44.4 Å². The Morgan fingerprint density at radius 1 is 1.23 bits per heavy atom. The molecule has 31 heavy (non-hydrogen) atoms. The van der Waals surface area contributed by atoms with Crippen molar-refractivity contribution in [3.8, 4) is 11.6 Å². The van der Waals surface area contributed by atoms with Gasteiger partial charge in [-0.25, -0.2) is 4.98 Å². The zero-order chi connectivity index (χ0) is 20.4. The van der Waals surface area contributed by atoms with Crippen molar-refractivity contribution in [3.63, 3.8) is 0 Å². The Morgan fingerprint density at radius 3 is 2.84 bits per heavy atom. The van der Waals surface area contributed by atoms with Crippen LogP contribution in [0.5, 0.6) is 0 Å². The third kappa shape index (κ3) is 4.22. The lowest BCUT2D eigenvalue weighted by Gasteiger charge is -2.26. The number of anilines is 1. The van der Waals surface area contributed by atoms with E-state index in [2.05, 4.69) is 56.6 Å². The number of hydrogen-bond donors (Lipinski definition) is 2. The average Bonchev–Trinajstić information content (AvgIpc) is 3.56. The van der Waals surface area contributed by atoms with E-state index in [4.69, 9.17) is 9.41 Å². The lowest BCUT2D eigenvalue weighted by atomic mass is 9.81. The molecule has 1 aromatic carbocycles. The van der Waals surface area contributed by atoms with Crippen molar-refractivity contribution < 1.29 is 4.42 Å². The third-order valence-corrected chi connectivity index (χ3v) is 6.26. The molecule has 3 heterocycles. The summed E-state index contributed by atoms with van der Waals surface area (Å²) in [6.45, 7) is 4.62. The van der Waals surface area contributed by atoms with Crippen LogP contribution >= 0.6 is 24.0 Å². The van der Waals surface area contributed by atoms with Crippen molar-refractivity contribution in [2.75, 3.05) is 24.5 Å². The van der Waals surface area contributed by atoms with Gasteiger partial charge in [-0.05, 0) is 43.5 Å². The number of halogens is 1. The van der Waals surface area contributed by atoms with Crippen LogP contribution in [0.4, 0.5) is 5.69 Å². The van der Waals surface area contributed by atoms with Crippen LogP contribution < -0.4 is 10.2 Å². The van der Waals surface area contributed by atoms with Gasteiger partial charge in [-0.2, -0.15) is 5.10 Å². The van der Waals surface area contributed by atoms with Crippen molar-refractivity contribution in [3.05, 3.63) is 54.0 Å². The normalized spacial score (nSPS) is 17.1. The predicted molar refractivity (Wildman–Crippen MR) is 133 cm³/mol. The molecule has 0 saturated heterocycles. The third-order valence-electron chi connectivity index (χ3n) is 6.26. The molecule has 0 bridgehead atoms. The highest BCUT2D eigenvalue weighted by Crippen LogP contribution is 2.50. The molecule has 0 unspecified atom stereocenters. The van der Waals surface area contributed by atoms with Crippen LogP contribution in [0.1, 0.15) is 44.0 Å². The van der Waals surface area contributed by atoms with E-state index in [0.29, 0.717) is 24.6 Å². The number of rotatable bonds is 5. The summed E-state index contributed by atoms with van der Waals surface area (Å²) in [5, 5.41) is 10.7. The number of aromatic amines is 1. The Morgan fingerprint density at radius 2 is 2.06 bits per heavy atom. The first-order valence-electron chi connectivity index (χ1n) is 10.9. The summed E-state index contributed by atoms with van der Waals surface area (Å²) in [4.78, 5) is 11.8. The second-order valence-corrected chi connectivity index (χ2v) is 8.16. The molecule has 0 radical (unpaired) electrons. The standard InChI is InChI=1S/C23H28N6O.HI/c1-2-24-22(25-14-11-20-26-21(28-27-20)19-10-7-15-30-19)29-16-23(12-5-6-13-23)17-8-3-4-9-18(17)29;/h3-4,7-10,15H,2,5-6,11-14,16H2,1H3,(H,24,25)(H,26,27,28);1H. The summed E-state index contributed by atoms with van der Waals surface area (Å²) < 4.78 is 5.36. The number of benzene rings is 1. The van der Waals surface area contributed by atoms with E-state index >= 15 is 0 Å². The Labute approximate surface area is 199 Å². The summed E-state index contributed by atoms with van der Waals surface area (Å²) in [6.07, 6.45) is 7.51. The topological polar surface area (TPSA) is 82.3 Å². The fourth-order valence-corrected chi connectivity index (χ4v) is 4.88. The van der Waals surface area contributed by atoms with Gasteiger partial charge in [0.2, 0.25) is 5.82 Å². The van der Waals surface area contributed by atoms with E-state index in [1.165, 1.54) is 36.9 Å². The zero-order valence-corrected chi connectivity index (χ0v) is 20.1. The molecule has 1 aliphatic heterocycles. The first-order chi connectivity index (χ1) is 14.8. The number of nitrogens with zero attached hydrogens (tertiary/aromatic N) is 4. The number of fused-ring (bicyclic) bond motifs is 2. The number of nitrogens with one attached hydrogen (secondary N) is 2. The molecule has 1 fully saturated rings. The first kappa shape index (κ1) is 21.9. The van der Waals surface area contributed by atoms with E-state index in [9.17, 15) is 0 Å². The van der Waals surface area contributed by atoms with E-state index in [1.54, 1.807) is 6.26 Å². The Hall–Kier alpha value is -2.36. The quantitative estimate of drug-likeness (QED) is 0.287. The van der Waals surface area contributed by atoms with Gasteiger partial charge >= 0.3 is 0 Å². The van der Waals surface area contributed by atoms with Crippen LogP contribution in [-0.2, 0) is 11.8 Å². The SMILES string of the molecule is CCNC(=NCCc1nc(-c2ccco2)n[nH]1)N1CC2(CCCC2)c2ccccc21.I. The smallest absolute Gasteiger partial charge is 0.216 e. The molecule has 0 amide bonds. The highest BCUT2D eigenvalue weighted by molar-refractivity contribution is 14.0. The Balaban J connectivity index is 0.00000231. The predicted octanol–water partition coefficient (Wildman–Crippen LogP) is 4.52. The van der Waals surface area contributed by atoms with Crippen molar-refractivity contribution >= 4 is 35.6 Å². The van der Waals surface area contributed by atoms with E-state index in [-0.39, 0.29) is 29.4 Å². The molecule has 164 valence electrons. The number of para-hydroxylation sites is 1. The molecular weight excluding hydrogens is 503 g/mol. The van der Waals surface area contributed by atoms with E-state index < -0.39 is 0 Å². The van der Waals surface area contributed by atoms with Crippen molar-refractivity contribution in [1.82, 2.24) is 20.5 Å². The maximum Gasteiger partial charge on any atom is 0.216 e. The largest absolute Gasteiger partial charge is 0.461 e. The van der Waals surface area contributed by atoms with Gasteiger partial charge in [0.05, 0.1) is 6.26 Å². The minimum Gasteiger partial charge on any atom is -0.461 e. The summed E-state index contributed by atoms with van der Waals surface area (Å²) in [6, 6.07) is 12.6. The molecule has 1 saturated carbocycles. The van der Waals surface area contributed by atoms with Crippen LogP contribution in [0.25, 0.3) is 11.6 Å². The molecule has 1 aliphatic carbocycles. The van der Waals surface area contributed by atoms with Gasteiger partial charge in [0.1, 0.15) is 5.82 Å². The molecular formula is C23H29IN6O. The Kier molecular flexibility index (Phi) is 6.64. The molecule has 0 atom stereocenters. The molecule has 2 aliphatic rings. The summed E-state index contributed by atoms with van der Waals surface area (Å²) in [7, 11) is 0. The van der Waals surface area contributed by atoms with Gasteiger partial charge in [0.25, 0.3) is 0 Å². The van der Waals surface area contributed by atoms with Crippen LogP contribution in [0, 0.1) is 0 Å². The minimum atomic E-state index is 0. The number of H-pyrrole nitrogens is 1. The molecule has 7 nitrogen and oxygen atoms in total. The Bertz CT molecular complexity index is 1020. The number of aromatic nitrogens is 3. The van der Waals surface area contributed by atoms with Crippen LogP contribution in [0.2, 0.25) is 0 Å². The minimum absolute atomic E-state index is 0. The molecule has 5 rings (SSSR count). The fourth-order valence-electron chi connectivity index (χ4n) is 4.88. The lowest BCUT2D eigenvalue weighted by Crippen LogP contribution is -2.43. The van der Waals surface area contributed by atoms with Crippen molar-refractivity contribution in [2.24, 2.45) is 4.99 Å². The van der Waals surface area contributed by atoms with Gasteiger partial charge in [-0.3, -0.25) is 10.1 Å². The van der Waals surface area contributed by atoms with Gasteiger partial charge in [0.15, 0.2) is 11.7 Å². The molecule has 2 N–H and O–H groups in total. The van der Waals surface area contributed by atoms with Crippen LogP contribution in [0.3, 0.4) is 0 Å². The van der Waals surface area contributed by atoms with Gasteiger partial charge in [-0.15, -0.1) is 24.0 Å². The maximum atomic E-state index is 5.36. The molecule has 2 aromatic heterocycles. The van der Waals surface area contributed by atoms with Gasteiger partial charge < -0.3 is 14.6 Å². The fraction of sp³-hybridized carbons (Fsp3) is 0.435. The average molecular weight is 532 g/mol. The van der Waals surface area contributed by atoms with Gasteiger partial charge in [0, 0.05) is 37.2 Å². The number of guanidine groups is 1. The summed E-state index contributed by atoms with van der Waals surface area (Å²) >= 11 is 0. The van der Waals surface area contributed by atoms with E-state index in [1.807, 2.05) is 12.1 Å². The second kappa shape index (κ2) is 9.42.